The van der Waals surface area contributed by atoms with Crippen molar-refractivity contribution in [1.29, 1.82) is 0 Å². The summed E-state index contributed by atoms with van der Waals surface area (Å²) in [7, 11) is 0. The average molecular weight is 215 g/mol. The lowest BCUT2D eigenvalue weighted by Gasteiger charge is -2.19. The first-order valence-corrected chi connectivity index (χ1v) is 5.59. The van der Waals surface area contributed by atoms with Gasteiger partial charge in [-0.25, -0.2) is 0 Å². The van der Waals surface area contributed by atoms with Crippen LogP contribution in [0.15, 0.2) is 42.5 Å². The summed E-state index contributed by atoms with van der Waals surface area (Å²) in [5.74, 6) is 0. The van der Waals surface area contributed by atoms with Crippen LogP contribution in [0.2, 0.25) is 5.02 Å². The van der Waals surface area contributed by atoms with Crippen molar-refractivity contribution in [3.8, 4) is 11.1 Å². The van der Waals surface area contributed by atoms with Gasteiger partial charge in [0.1, 0.15) is 0 Å². The Morgan fingerprint density at radius 1 is 0.800 bits per heavy atom. The molecule has 0 atom stereocenters. The fourth-order valence-corrected chi connectivity index (χ4v) is 2.50. The topological polar surface area (TPSA) is 0 Å². The molecule has 0 aliphatic heterocycles. The number of benzene rings is 2. The van der Waals surface area contributed by atoms with Crippen LogP contribution in [-0.4, -0.2) is 0 Å². The van der Waals surface area contributed by atoms with E-state index < -0.39 is 0 Å². The summed E-state index contributed by atoms with van der Waals surface area (Å²) < 4.78 is 0. The first kappa shape index (κ1) is 8.99. The number of rotatable bonds is 0. The van der Waals surface area contributed by atoms with Crippen LogP contribution < -0.4 is 0 Å². The number of halogens is 1. The fourth-order valence-electron chi connectivity index (χ4n) is 2.30. The van der Waals surface area contributed by atoms with Gasteiger partial charge in [-0.05, 0) is 47.2 Å². The summed E-state index contributed by atoms with van der Waals surface area (Å²) in [5.41, 5.74) is 5.55. The first-order chi connectivity index (χ1) is 7.34. The normalized spacial score (nSPS) is 13.1. The smallest absolute Gasteiger partial charge is 0.0409 e. The Bertz CT molecular complexity index is 514. The van der Waals surface area contributed by atoms with Crippen LogP contribution in [0, 0.1) is 0 Å². The van der Waals surface area contributed by atoms with Gasteiger partial charge in [0.2, 0.25) is 0 Å². The van der Waals surface area contributed by atoms with Gasteiger partial charge in [-0.2, -0.15) is 0 Å². The van der Waals surface area contributed by atoms with Crippen molar-refractivity contribution < 1.29 is 0 Å². The number of hydrogen-bond acceptors (Lipinski definition) is 0. The van der Waals surface area contributed by atoms with Gasteiger partial charge in [0.25, 0.3) is 0 Å². The molecule has 2 aromatic rings. The molecule has 0 saturated carbocycles. The van der Waals surface area contributed by atoms with Crippen molar-refractivity contribution >= 4 is 11.6 Å². The molecule has 0 unspecified atom stereocenters. The molecule has 0 fully saturated rings. The van der Waals surface area contributed by atoms with Crippen molar-refractivity contribution in [3.63, 3.8) is 0 Å². The summed E-state index contributed by atoms with van der Waals surface area (Å²) in [6, 6.07) is 14.8. The number of fused-ring (bicyclic) bond motifs is 3. The van der Waals surface area contributed by atoms with E-state index in [-0.39, 0.29) is 0 Å². The predicted octanol–water partition coefficient (Wildman–Crippen LogP) is 4.11. The van der Waals surface area contributed by atoms with Gasteiger partial charge in [0.05, 0.1) is 0 Å². The van der Waals surface area contributed by atoms with Gasteiger partial charge >= 0.3 is 0 Å². The molecule has 0 heterocycles. The van der Waals surface area contributed by atoms with E-state index in [4.69, 9.17) is 11.6 Å². The second-order valence-corrected chi connectivity index (χ2v) is 4.40. The molecule has 0 aromatic heterocycles. The van der Waals surface area contributed by atoms with E-state index in [0.29, 0.717) is 0 Å². The summed E-state index contributed by atoms with van der Waals surface area (Å²) in [4.78, 5) is 0. The first-order valence-electron chi connectivity index (χ1n) is 5.21. The molecule has 0 bridgehead atoms. The molecule has 1 heteroatoms. The van der Waals surface area contributed by atoms with Gasteiger partial charge in [-0.15, -0.1) is 0 Å². The highest BCUT2D eigenvalue weighted by Crippen LogP contribution is 2.34. The van der Waals surface area contributed by atoms with E-state index in [2.05, 4.69) is 36.4 Å². The zero-order chi connectivity index (χ0) is 10.3. The maximum Gasteiger partial charge on any atom is 0.0409 e. The zero-order valence-corrected chi connectivity index (χ0v) is 9.09. The third kappa shape index (κ3) is 1.46. The number of hydrogen-bond donors (Lipinski definition) is 0. The van der Waals surface area contributed by atoms with E-state index in [1.54, 1.807) is 0 Å². The van der Waals surface area contributed by atoms with E-state index in [9.17, 15) is 0 Å². The Balaban J connectivity index is 2.26. The van der Waals surface area contributed by atoms with Gasteiger partial charge < -0.3 is 0 Å². The van der Waals surface area contributed by atoms with Crippen molar-refractivity contribution in [2.45, 2.75) is 12.8 Å². The Hall–Kier alpha value is -1.27. The van der Waals surface area contributed by atoms with Crippen molar-refractivity contribution in [2.24, 2.45) is 0 Å². The quantitative estimate of drug-likeness (QED) is 0.619. The Kier molecular flexibility index (Phi) is 2.03. The third-order valence-corrected chi connectivity index (χ3v) is 3.27. The highest BCUT2D eigenvalue weighted by atomic mass is 35.5. The summed E-state index contributed by atoms with van der Waals surface area (Å²) in [6.07, 6.45) is 2.23. The lowest BCUT2D eigenvalue weighted by Crippen LogP contribution is -2.03. The second kappa shape index (κ2) is 3.39. The minimum Gasteiger partial charge on any atom is -0.0843 e. The van der Waals surface area contributed by atoms with Crippen LogP contribution in [0.1, 0.15) is 11.1 Å². The summed E-state index contributed by atoms with van der Waals surface area (Å²) in [5, 5.41) is 0.841. The lowest BCUT2D eigenvalue weighted by atomic mass is 9.86. The van der Waals surface area contributed by atoms with Gasteiger partial charge in [-0.3, -0.25) is 0 Å². The van der Waals surface area contributed by atoms with E-state index >= 15 is 0 Å². The van der Waals surface area contributed by atoms with E-state index in [1.165, 1.54) is 22.3 Å². The maximum atomic E-state index is 6.00. The third-order valence-electron chi connectivity index (χ3n) is 3.04. The fraction of sp³-hybridized carbons (Fsp3) is 0.143. The lowest BCUT2D eigenvalue weighted by molar-refractivity contribution is 0.942. The van der Waals surface area contributed by atoms with Crippen molar-refractivity contribution in [2.75, 3.05) is 0 Å². The van der Waals surface area contributed by atoms with Crippen LogP contribution in [0.5, 0.6) is 0 Å². The van der Waals surface area contributed by atoms with Crippen LogP contribution in [0.4, 0.5) is 0 Å². The molecule has 15 heavy (non-hydrogen) atoms. The highest BCUT2D eigenvalue weighted by molar-refractivity contribution is 6.30. The average Bonchev–Trinajstić information content (AvgIpc) is 2.28. The summed E-state index contributed by atoms with van der Waals surface area (Å²) in [6.45, 7) is 0. The zero-order valence-electron chi connectivity index (χ0n) is 8.33. The molecule has 1 aliphatic carbocycles. The summed E-state index contributed by atoms with van der Waals surface area (Å²) >= 11 is 6.00. The van der Waals surface area contributed by atoms with Crippen LogP contribution in [-0.2, 0) is 12.8 Å². The Labute approximate surface area is 94.5 Å². The largest absolute Gasteiger partial charge is 0.0843 e. The Morgan fingerprint density at radius 2 is 1.53 bits per heavy atom. The molecule has 74 valence electrons. The predicted molar refractivity (Wildman–Crippen MR) is 64.3 cm³/mol. The van der Waals surface area contributed by atoms with E-state index in [0.717, 1.165) is 17.9 Å². The highest BCUT2D eigenvalue weighted by Gasteiger charge is 2.14. The Morgan fingerprint density at radius 3 is 2.47 bits per heavy atom. The SMILES string of the molecule is Clc1ccc2c(c1)CCc1ccccc1-2. The van der Waals surface area contributed by atoms with Gasteiger partial charge in [0.15, 0.2) is 0 Å². The molecule has 1 aliphatic rings. The van der Waals surface area contributed by atoms with Crippen LogP contribution >= 0.6 is 11.6 Å². The standard InChI is InChI=1S/C14H11Cl/c15-12-7-8-14-11(9-12)6-5-10-3-1-2-4-13(10)14/h1-4,7-9H,5-6H2. The molecule has 0 radical (unpaired) electrons. The number of aryl methyl sites for hydroxylation is 2. The molecular weight excluding hydrogens is 204 g/mol. The maximum absolute atomic E-state index is 6.00. The molecule has 0 saturated heterocycles. The second-order valence-electron chi connectivity index (χ2n) is 3.96. The van der Waals surface area contributed by atoms with Gasteiger partial charge in [0, 0.05) is 5.02 Å². The van der Waals surface area contributed by atoms with E-state index in [1.807, 2.05) is 6.07 Å². The monoisotopic (exact) mass is 214 g/mol. The molecule has 2 aromatic carbocycles. The molecule has 0 nitrogen and oxygen atoms in total. The molecule has 3 rings (SSSR count). The molecular formula is C14H11Cl. The molecule has 0 amide bonds. The minimum absolute atomic E-state index is 0.841. The van der Waals surface area contributed by atoms with Crippen molar-refractivity contribution in [3.05, 3.63) is 58.6 Å². The minimum atomic E-state index is 0.841. The molecule has 0 spiro atoms. The van der Waals surface area contributed by atoms with Crippen LogP contribution in [0.3, 0.4) is 0 Å². The molecule has 0 N–H and O–H groups in total. The van der Waals surface area contributed by atoms with Gasteiger partial charge in [-0.1, -0.05) is 41.9 Å². The van der Waals surface area contributed by atoms with Crippen LogP contribution in [0.25, 0.3) is 11.1 Å². The van der Waals surface area contributed by atoms with Crippen molar-refractivity contribution in [1.82, 2.24) is 0 Å².